The summed E-state index contributed by atoms with van der Waals surface area (Å²) < 4.78 is 25.5. The number of halogens is 2. The van der Waals surface area contributed by atoms with E-state index in [0.29, 0.717) is 34.1 Å². The third kappa shape index (κ3) is 3.99. The summed E-state index contributed by atoms with van der Waals surface area (Å²) in [5.74, 6) is -0.660. The van der Waals surface area contributed by atoms with Crippen LogP contribution in [0.15, 0.2) is 42.7 Å². The van der Waals surface area contributed by atoms with Gasteiger partial charge in [0.2, 0.25) is 0 Å². The van der Waals surface area contributed by atoms with E-state index in [9.17, 15) is 9.18 Å². The summed E-state index contributed by atoms with van der Waals surface area (Å²) in [6.07, 6.45) is 0.845. The van der Waals surface area contributed by atoms with Crippen molar-refractivity contribution in [3.8, 4) is 11.5 Å². The third-order valence-electron chi connectivity index (χ3n) is 4.18. The van der Waals surface area contributed by atoms with E-state index in [1.165, 1.54) is 12.1 Å². The van der Waals surface area contributed by atoms with E-state index < -0.39 is 17.7 Å². The van der Waals surface area contributed by atoms with Crippen LogP contribution in [0.5, 0.6) is 11.5 Å². The predicted molar refractivity (Wildman–Crippen MR) is 96.2 cm³/mol. The van der Waals surface area contributed by atoms with Crippen LogP contribution < -0.4 is 9.47 Å². The second kappa shape index (κ2) is 7.38. The Bertz CT molecular complexity index is 878. The number of carboxylic acid groups (broad SMARTS) is 1. The Morgan fingerprint density at radius 2 is 2.19 bits per heavy atom. The van der Waals surface area contributed by atoms with Crippen molar-refractivity contribution < 1.29 is 23.8 Å². The van der Waals surface area contributed by atoms with Gasteiger partial charge in [-0.3, -0.25) is 4.79 Å². The van der Waals surface area contributed by atoms with Crippen LogP contribution >= 0.6 is 11.6 Å². The average molecular weight is 377 g/mol. The maximum absolute atomic E-state index is 14.3. The summed E-state index contributed by atoms with van der Waals surface area (Å²) in [4.78, 5) is 10.9. The maximum atomic E-state index is 14.3. The number of hydrogen-bond acceptors (Lipinski definition) is 3. The molecule has 1 unspecified atom stereocenters. The maximum Gasteiger partial charge on any atom is 0.306 e. The molecule has 2 aromatic rings. The van der Waals surface area contributed by atoms with Gasteiger partial charge in [0.25, 0.3) is 0 Å². The zero-order chi connectivity index (χ0) is 18.8. The molecule has 0 saturated carbocycles. The van der Waals surface area contributed by atoms with Crippen molar-refractivity contribution in [2.24, 2.45) is 5.92 Å². The highest BCUT2D eigenvalue weighted by Gasteiger charge is 2.21. The van der Waals surface area contributed by atoms with Crippen LogP contribution in [0.1, 0.15) is 23.6 Å². The molecule has 0 saturated heterocycles. The molecule has 1 aliphatic rings. The molecular formula is C20H18ClFO4. The van der Waals surface area contributed by atoms with Crippen LogP contribution in [0.25, 0.3) is 0 Å². The molecule has 1 atom stereocenters. The molecule has 3 rings (SSSR count). The van der Waals surface area contributed by atoms with Gasteiger partial charge in [-0.1, -0.05) is 31.2 Å². The first-order valence-corrected chi connectivity index (χ1v) is 8.52. The third-order valence-corrected chi connectivity index (χ3v) is 4.40. The molecule has 26 heavy (non-hydrogen) atoms. The first kappa shape index (κ1) is 18.3. The van der Waals surface area contributed by atoms with E-state index in [1.54, 1.807) is 19.1 Å². The lowest BCUT2D eigenvalue weighted by atomic mass is 10.0. The second-order valence-corrected chi connectivity index (χ2v) is 6.80. The highest BCUT2D eigenvalue weighted by molar-refractivity contribution is 6.30. The lowest BCUT2D eigenvalue weighted by molar-refractivity contribution is -0.141. The minimum Gasteiger partial charge on any atom is -0.486 e. The van der Waals surface area contributed by atoms with Crippen molar-refractivity contribution in [1.82, 2.24) is 0 Å². The zero-order valence-corrected chi connectivity index (χ0v) is 15.0. The molecule has 4 nitrogen and oxygen atoms in total. The Labute approximate surface area is 155 Å². The monoisotopic (exact) mass is 376 g/mol. The molecule has 0 aromatic heterocycles. The molecule has 0 amide bonds. The fourth-order valence-electron chi connectivity index (χ4n) is 2.86. The number of rotatable bonds is 6. The number of allylic oxidation sites excluding steroid dienone is 1. The van der Waals surface area contributed by atoms with Crippen molar-refractivity contribution >= 4 is 17.6 Å². The topological polar surface area (TPSA) is 55.8 Å². The lowest BCUT2D eigenvalue weighted by Gasteiger charge is -2.12. The van der Waals surface area contributed by atoms with Gasteiger partial charge < -0.3 is 14.6 Å². The molecule has 1 N–H and O–H groups in total. The smallest absolute Gasteiger partial charge is 0.306 e. The molecule has 136 valence electrons. The minimum absolute atomic E-state index is 0.0854. The normalized spacial score (nSPS) is 13.9. The van der Waals surface area contributed by atoms with Crippen LogP contribution in [0.2, 0.25) is 5.02 Å². The summed E-state index contributed by atoms with van der Waals surface area (Å²) in [6, 6.07) is 8.01. The average Bonchev–Trinajstić information content (AvgIpc) is 2.93. The first-order valence-electron chi connectivity index (χ1n) is 8.14. The molecule has 1 aliphatic heterocycles. The van der Waals surface area contributed by atoms with Crippen molar-refractivity contribution in [2.75, 3.05) is 0 Å². The minimum atomic E-state index is -0.915. The number of hydrogen-bond donors (Lipinski definition) is 1. The SMILES string of the molecule is C=C1Cc2cc(Cl)cc(COc3ccc(CC(C)C(=O)O)cc3F)c2O1. The summed E-state index contributed by atoms with van der Waals surface area (Å²) >= 11 is 6.12. The van der Waals surface area contributed by atoms with Crippen LogP contribution in [-0.4, -0.2) is 11.1 Å². The molecule has 0 bridgehead atoms. The number of carboxylic acids is 1. The van der Waals surface area contributed by atoms with Gasteiger partial charge in [-0.15, -0.1) is 0 Å². The largest absolute Gasteiger partial charge is 0.486 e. The quantitative estimate of drug-likeness (QED) is 0.789. The van der Waals surface area contributed by atoms with E-state index in [0.717, 1.165) is 5.56 Å². The van der Waals surface area contributed by atoms with Crippen molar-refractivity contribution in [3.05, 3.63) is 70.2 Å². The standard InChI is InChI=1S/C20H18ClFO4/c1-11(20(23)24)5-13-3-4-18(17(22)7-13)25-10-15-9-16(21)8-14-6-12(2)26-19(14)15/h3-4,7-9,11H,2,5-6,10H2,1H3,(H,23,24). The van der Waals surface area contributed by atoms with Crippen LogP contribution in [0.3, 0.4) is 0 Å². The van der Waals surface area contributed by atoms with Gasteiger partial charge in [0.05, 0.1) is 5.92 Å². The Balaban J connectivity index is 1.73. The van der Waals surface area contributed by atoms with Crippen molar-refractivity contribution in [2.45, 2.75) is 26.4 Å². The van der Waals surface area contributed by atoms with Crippen LogP contribution in [0, 0.1) is 11.7 Å². The van der Waals surface area contributed by atoms with Gasteiger partial charge in [0.1, 0.15) is 18.1 Å². The lowest BCUT2D eigenvalue weighted by Crippen LogP contribution is -2.12. The van der Waals surface area contributed by atoms with Gasteiger partial charge in [0.15, 0.2) is 11.6 Å². The highest BCUT2D eigenvalue weighted by Crippen LogP contribution is 2.37. The number of benzene rings is 2. The second-order valence-electron chi connectivity index (χ2n) is 6.37. The van der Waals surface area contributed by atoms with E-state index in [1.807, 2.05) is 6.07 Å². The van der Waals surface area contributed by atoms with Crippen LogP contribution in [0.4, 0.5) is 4.39 Å². The molecule has 0 fully saturated rings. The summed E-state index contributed by atoms with van der Waals surface area (Å²) in [6.45, 7) is 5.49. The molecule has 0 spiro atoms. The van der Waals surface area contributed by atoms with Gasteiger partial charge in [-0.25, -0.2) is 4.39 Å². The first-order chi connectivity index (χ1) is 12.3. The van der Waals surface area contributed by atoms with E-state index >= 15 is 0 Å². The predicted octanol–water partition coefficient (Wildman–Crippen LogP) is 4.77. The molecule has 2 aromatic carbocycles. The summed E-state index contributed by atoms with van der Waals surface area (Å²) in [7, 11) is 0. The Kier molecular flexibility index (Phi) is 5.18. The highest BCUT2D eigenvalue weighted by atomic mass is 35.5. The Morgan fingerprint density at radius 1 is 1.42 bits per heavy atom. The van der Waals surface area contributed by atoms with E-state index in [4.69, 9.17) is 26.2 Å². The van der Waals surface area contributed by atoms with Crippen molar-refractivity contribution in [3.63, 3.8) is 0 Å². The summed E-state index contributed by atoms with van der Waals surface area (Å²) in [5, 5.41) is 9.50. The number of fused-ring (bicyclic) bond motifs is 1. The molecule has 1 heterocycles. The van der Waals surface area contributed by atoms with Gasteiger partial charge in [-0.2, -0.15) is 0 Å². The Hall–Kier alpha value is -2.53. The fraction of sp³-hybridized carbons (Fsp3) is 0.250. The number of carbonyl (C=O) groups is 1. The van der Waals surface area contributed by atoms with Gasteiger partial charge in [-0.05, 0) is 36.2 Å². The summed E-state index contributed by atoms with van der Waals surface area (Å²) in [5.41, 5.74) is 2.25. The molecule has 0 aliphatic carbocycles. The van der Waals surface area contributed by atoms with Gasteiger partial charge >= 0.3 is 5.97 Å². The number of ether oxygens (including phenoxy) is 2. The number of aliphatic carboxylic acids is 1. The van der Waals surface area contributed by atoms with Gasteiger partial charge in [0, 0.05) is 22.6 Å². The van der Waals surface area contributed by atoms with Crippen molar-refractivity contribution in [1.29, 1.82) is 0 Å². The molecular weight excluding hydrogens is 359 g/mol. The van der Waals surface area contributed by atoms with E-state index in [-0.39, 0.29) is 18.8 Å². The zero-order valence-electron chi connectivity index (χ0n) is 14.2. The fourth-order valence-corrected chi connectivity index (χ4v) is 3.12. The van der Waals surface area contributed by atoms with Crippen LogP contribution in [-0.2, 0) is 24.2 Å². The molecule has 6 heteroatoms. The molecule has 0 radical (unpaired) electrons. The van der Waals surface area contributed by atoms with E-state index in [2.05, 4.69) is 6.58 Å². The Morgan fingerprint density at radius 3 is 2.88 bits per heavy atom.